The number of aliphatic carboxylic acids is 1. The summed E-state index contributed by atoms with van der Waals surface area (Å²) in [5.74, 6) is 1.66. The lowest BCUT2D eigenvalue weighted by atomic mass is 10.2. The molecule has 0 unspecified atom stereocenters. The number of carboxylic acid groups (broad SMARTS) is 1. The van der Waals surface area contributed by atoms with Gasteiger partial charge in [-0.05, 0) is 32.7 Å². The summed E-state index contributed by atoms with van der Waals surface area (Å²) in [5, 5.41) is 8.40. The topological polar surface area (TPSA) is 40.5 Å². The molecule has 0 aromatic heterocycles. The van der Waals surface area contributed by atoms with Gasteiger partial charge in [-0.1, -0.05) is 6.42 Å². The Labute approximate surface area is 90.9 Å². The van der Waals surface area contributed by atoms with Crippen molar-refractivity contribution in [3.8, 4) is 0 Å². The van der Waals surface area contributed by atoms with E-state index < -0.39 is 5.97 Å². The van der Waals surface area contributed by atoms with E-state index in [9.17, 15) is 4.79 Å². The minimum absolute atomic E-state index is 0.322. The standard InChI is InChI=1S/C10H21NO2S/c1-11(2)7-9-14-8-5-3-4-6-10(12)13/h3-9H2,1-2H3,(H,12,13). The Morgan fingerprint density at radius 2 is 1.93 bits per heavy atom. The van der Waals surface area contributed by atoms with Crippen LogP contribution in [-0.4, -0.2) is 48.1 Å². The molecule has 0 aliphatic rings. The molecule has 0 radical (unpaired) electrons. The van der Waals surface area contributed by atoms with Gasteiger partial charge in [-0.3, -0.25) is 4.79 Å². The molecule has 0 spiro atoms. The van der Waals surface area contributed by atoms with E-state index in [0.717, 1.165) is 31.6 Å². The fourth-order valence-corrected chi connectivity index (χ4v) is 2.11. The lowest BCUT2D eigenvalue weighted by molar-refractivity contribution is -0.137. The van der Waals surface area contributed by atoms with Gasteiger partial charge in [0.1, 0.15) is 0 Å². The van der Waals surface area contributed by atoms with E-state index in [2.05, 4.69) is 19.0 Å². The summed E-state index contributed by atoms with van der Waals surface area (Å²) in [6.45, 7) is 1.12. The zero-order valence-electron chi connectivity index (χ0n) is 9.16. The molecule has 4 heteroatoms. The molecular weight excluding hydrogens is 198 g/mol. The van der Waals surface area contributed by atoms with Crippen LogP contribution in [0.4, 0.5) is 0 Å². The van der Waals surface area contributed by atoms with Gasteiger partial charge in [-0.25, -0.2) is 0 Å². The largest absolute Gasteiger partial charge is 0.481 e. The second-order valence-corrected chi connectivity index (χ2v) is 4.84. The van der Waals surface area contributed by atoms with Crippen molar-refractivity contribution in [2.45, 2.75) is 25.7 Å². The van der Waals surface area contributed by atoms with Crippen molar-refractivity contribution in [3.63, 3.8) is 0 Å². The molecule has 0 saturated heterocycles. The van der Waals surface area contributed by atoms with Gasteiger partial charge in [0.25, 0.3) is 0 Å². The summed E-state index contributed by atoms with van der Waals surface area (Å²) < 4.78 is 0. The lowest BCUT2D eigenvalue weighted by Gasteiger charge is -2.08. The predicted molar refractivity (Wildman–Crippen MR) is 62.0 cm³/mol. The Kier molecular flexibility index (Phi) is 9.19. The quantitative estimate of drug-likeness (QED) is 0.602. The van der Waals surface area contributed by atoms with E-state index in [1.54, 1.807) is 0 Å². The van der Waals surface area contributed by atoms with Crippen molar-refractivity contribution in [3.05, 3.63) is 0 Å². The number of carbonyl (C=O) groups is 1. The van der Waals surface area contributed by atoms with Crippen LogP contribution in [0.3, 0.4) is 0 Å². The van der Waals surface area contributed by atoms with Gasteiger partial charge >= 0.3 is 5.97 Å². The van der Waals surface area contributed by atoms with Crippen LogP contribution in [-0.2, 0) is 4.79 Å². The molecule has 14 heavy (non-hydrogen) atoms. The van der Waals surface area contributed by atoms with Crippen molar-refractivity contribution in [1.82, 2.24) is 4.90 Å². The number of hydrogen-bond acceptors (Lipinski definition) is 3. The molecule has 0 fully saturated rings. The minimum atomic E-state index is -0.676. The highest BCUT2D eigenvalue weighted by atomic mass is 32.2. The van der Waals surface area contributed by atoms with Gasteiger partial charge in [-0.2, -0.15) is 11.8 Å². The Bertz CT molecular complexity index is 151. The molecule has 0 aromatic carbocycles. The number of rotatable bonds is 9. The number of unbranched alkanes of at least 4 members (excludes halogenated alkanes) is 2. The van der Waals surface area contributed by atoms with Gasteiger partial charge in [0, 0.05) is 18.7 Å². The van der Waals surface area contributed by atoms with Crippen molar-refractivity contribution >= 4 is 17.7 Å². The van der Waals surface area contributed by atoms with Crippen LogP contribution in [0, 0.1) is 0 Å². The minimum Gasteiger partial charge on any atom is -0.481 e. The van der Waals surface area contributed by atoms with E-state index in [1.165, 1.54) is 5.75 Å². The van der Waals surface area contributed by atoms with Crippen LogP contribution in [0.15, 0.2) is 0 Å². The summed E-state index contributed by atoms with van der Waals surface area (Å²) in [6.07, 6.45) is 3.33. The highest BCUT2D eigenvalue weighted by Crippen LogP contribution is 2.07. The Morgan fingerprint density at radius 1 is 1.21 bits per heavy atom. The van der Waals surface area contributed by atoms with E-state index in [-0.39, 0.29) is 0 Å². The summed E-state index contributed by atoms with van der Waals surface area (Å²) in [4.78, 5) is 12.4. The van der Waals surface area contributed by atoms with Crippen molar-refractivity contribution in [2.24, 2.45) is 0 Å². The molecule has 0 bridgehead atoms. The molecule has 1 N–H and O–H groups in total. The molecule has 0 aromatic rings. The number of thioether (sulfide) groups is 1. The van der Waals surface area contributed by atoms with E-state index >= 15 is 0 Å². The summed E-state index contributed by atoms with van der Waals surface area (Å²) in [5.41, 5.74) is 0. The Hall–Kier alpha value is -0.220. The van der Waals surface area contributed by atoms with Crippen molar-refractivity contribution in [2.75, 3.05) is 32.1 Å². The molecule has 0 heterocycles. The average molecular weight is 219 g/mol. The number of nitrogens with zero attached hydrogens (tertiary/aromatic N) is 1. The first-order valence-corrected chi connectivity index (χ1v) is 6.22. The van der Waals surface area contributed by atoms with Crippen molar-refractivity contribution in [1.29, 1.82) is 0 Å². The summed E-state index contributed by atoms with van der Waals surface area (Å²) >= 11 is 1.95. The van der Waals surface area contributed by atoms with Crippen LogP contribution in [0.1, 0.15) is 25.7 Å². The predicted octanol–water partition coefficient (Wildman–Crippen LogP) is 1.93. The van der Waals surface area contributed by atoms with Gasteiger partial charge in [-0.15, -0.1) is 0 Å². The van der Waals surface area contributed by atoms with Gasteiger partial charge in [0.2, 0.25) is 0 Å². The highest BCUT2D eigenvalue weighted by molar-refractivity contribution is 7.99. The second-order valence-electron chi connectivity index (χ2n) is 3.62. The third-order valence-electron chi connectivity index (χ3n) is 1.86. The average Bonchev–Trinajstić information content (AvgIpc) is 2.08. The van der Waals surface area contributed by atoms with E-state index in [0.29, 0.717) is 6.42 Å². The molecule has 3 nitrogen and oxygen atoms in total. The first-order valence-electron chi connectivity index (χ1n) is 5.07. The molecular formula is C10H21NO2S. The maximum atomic E-state index is 10.2. The first-order chi connectivity index (χ1) is 6.63. The summed E-state index contributed by atoms with van der Waals surface area (Å²) in [6, 6.07) is 0. The van der Waals surface area contributed by atoms with Crippen LogP contribution < -0.4 is 0 Å². The van der Waals surface area contributed by atoms with Crippen LogP contribution >= 0.6 is 11.8 Å². The first kappa shape index (κ1) is 13.8. The zero-order chi connectivity index (χ0) is 10.8. The second kappa shape index (κ2) is 9.34. The maximum Gasteiger partial charge on any atom is 0.303 e. The normalized spacial score (nSPS) is 10.8. The highest BCUT2D eigenvalue weighted by Gasteiger charge is 1.96. The van der Waals surface area contributed by atoms with Crippen molar-refractivity contribution < 1.29 is 9.90 Å². The number of carboxylic acids is 1. The van der Waals surface area contributed by atoms with Gasteiger partial charge < -0.3 is 10.0 Å². The Balaban J connectivity index is 2.96. The van der Waals surface area contributed by atoms with Crippen LogP contribution in [0.2, 0.25) is 0 Å². The van der Waals surface area contributed by atoms with Gasteiger partial charge in [0.05, 0.1) is 0 Å². The zero-order valence-corrected chi connectivity index (χ0v) is 9.98. The lowest BCUT2D eigenvalue weighted by Crippen LogP contribution is -2.14. The molecule has 0 atom stereocenters. The third kappa shape index (κ3) is 11.8. The monoisotopic (exact) mass is 219 g/mol. The molecule has 0 aliphatic heterocycles. The van der Waals surface area contributed by atoms with E-state index in [1.807, 2.05) is 11.8 Å². The molecule has 0 rings (SSSR count). The molecule has 84 valence electrons. The molecule has 0 amide bonds. The number of hydrogen-bond donors (Lipinski definition) is 1. The molecule has 0 saturated carbocycles. The van der Waals surface area contributed by atoms with Gasteiger partial charge in [0.15, 0.2) is 0 Å². The SMILES string of the molecule is CN(C)CCSCCCCCC(=O)O. The fraction of sp³-hybridized carbons (Fsp3) is 0.900. The third-order valence-corrected chi connectivity index (χ3v) is 2.91. The van der Waals surface area contributed by atoms with Crippen LogP contribution in [0.5, 0.6) is 0 Å². The maximum absolute atomic E-state index is 10.2. The Morgan fingerprint density at radius 3 is 2.50 bits per heavy atom. The fourth-order valence-electron chi connectivity index (χ4n) is 1.01. The van der Waals surface area contributed by atoms with E-state index in [4.69, 9.17) is 5.11 Å². The smallest absolute Gasteiger partial charge is 0.303 e. The summed E-state index contributed by atoms with van der Waals surface area (Å²) in [7, 11) is 4.15. The molecule has 0 aliphatic carbocycles. The van der Waals surface area contributed by atoms with Crippen LogP contribution in [0.25, 0.3) is 0 Å².